The van der Waals surface area contributed by atoms with Crippen molar-refractivity contribution >= 4 is 5.95 Å². The van der Waals surface area contributed by atoms with Crippen LogP contribution < -0.4 is 5.73 Å². The summed E-state index contributed by atoms with van der Waals surface area (Å²) < 4.78 is 0. The summed E-state index contributed by atoms with van der Waals surface area (Å²) in [6.07, 6.45) is 1.69. The van der Waals surface area contributed by atoms with Gasteiger partial charge in [0.1, 0.15) is 11.6 Å². The first-order valence-corrected chi connectivity index (χ1v) is 6.50. The summed E-state index contributed by atoms with van der Waals surface area (Å²) in [5, 5.41) is 0. The van der Waals surface area contributed by atoms with Crippen LogP contribution in [-0.2, 0) is 18.3 Å². The van der Waals surface area contributed by atoms with Gasteiger partial charge in [0.25, 0.3) is 0 Å². The van der Waals surface area contributed by atoms with E-state index in [9.17, 15) is 0 Å². The van der Waals surface area contributed by atoms with Crippen molar-refractivity contribution in [2.24, 2.45) is 0 Å². The van der Waals surface area contributed by atoms with Crippen LogP contribution in [0.1, 0.15) is 38.0 Å². The second-order valence-electron chi connectivity index (χ2n) is 5.67. The third-order valence-corrected chi connectivity index (χ3v) is 2.85. The zero-order valence-corrected chi connectivity index (χ0v) is 11.7. The van der Waals surface area contributed by atoms with Crippen LogP contribution in [0.4, 0.5) is 5.95 Å². The normalized spacial score (nSPS) is 11.5. The fourth-order valence-electron chi connectivity index (χ4n) is 1.79. The van der Waals surface area contributed by atoms with E-state index in [1.807, 2.05) is 18.2 Å². The fourth-order valence-corrected chi connectivity index (χ4v) is 1.79. The smallest absolute Gasteiger partial charge is 0.223 e. The highest BCUT2D eigenvalue weighted by molar-refractivity contribution is 5.20. The summed E-state index contributed by atoms with van der Waals surface area (Å²) in [6.45, 7) is 6.22. The van der Waals surface area contributed by atoms with Crippen molar-refractivity contribution < 1.29 is 0 Å². The molecule has 1 aromatic carbocycles. The first-order valence-electron chi connectivity index (χ1n) is 6.50. The first kappa shape index (κ1) is 13.5. The number of rotatable bonds is 3. The number of nitrogens with zero attached hydrogens (tertiary/aromatic N) is 3. The van der Waals surface area contributed by atoms with Crippen LogP contribution in [0.5, 0.6) is 0 Å². The van der Waals surface area contributed by atoms with Crippen molar-refractivity contribution in [1.82, 2.24) is 15.0 Å². The second-order valence-corrected chi connectivity index (χ2v) is 5.67. The maximum atomic E-state index is 5.76. The van der Waals surface area contributed by atoms with E-state index in [-0.39, 0.29) is 5.41 Å². The molecule has 0 saturated carbocycles. The Bertz CT molecular complexity index is 544. The van der Waals surface area contributed by atoms with Gasteiger partial charge >= 0.3 is 0 Å². The number of nitrogen functional groups attached to an aromatic ring is 1. The lowest BCUT2D eigenvalue weighted by Gasteiger charge is -2.17. The number of aryl methyl sites for hydroxylation is 2. The first-order chi connectivity index (χ1) is 8.95. The zero-order chi connectivity index (χ0) is 13.9. The van der Waals surface area contributed by atoms with Gasteiger partial charge in [-0.15, -0.1) is 0 Å². The highest BCUT2D eigenvalue weighted by Crippen LogP contribution is 2.18. The zero-order valence-electron chi connectivity index (χ0n) is 11.7. The minimum atomic E-state index is -0.113. The Morgan fingerprint density at radius 2 is 1.63 bits per heavy atom. The Morgan fingerprint density at radius 3 is 2.26 bits per heavy atom. The van der Waals surface area contributed by atoms with Crippen LogP contribution >= 0.6 is 0 Å². The maximum absolute atomic E-state index is 5.76. The third-order valence-electron chi connectivity index (χ3n) is 2.85. The van der Waals surface area contributed by atoms with Gasteiger partial charge in [-0.25, -0.2) is 4.98 Å². The van der Waals surface area contributed by atoms with Crippen LogP contribution in [0.25, 0.3) is 0 Å². The van der Waals surface area contributed by atoms with E-state index in [0.717, 1.165) is 24.5 Å². The minimum absolute atomic E-state index is 0.113. The molecule has 2 rings (SSSR count). The third kappa shape index (κ3) is 3.74. The average molecular weight is 256 g/mol. The summed E-state index contributed by atoms with van der Waals surface area (Å²) >= 11 is 0. The molecule has 0 radical (unpaired) electrons. The largest absolute Gasteiger partial charge is 0.368 e. The standard InChI is InChI=1S/C15H20N4/c1-15(2,3)13-17-12(18-14(16)19-13)10-9-11-7-5-4-6-8-11/h4-8H,9-10H2,1-3H3,(H2,16,17,18,19). The van der Waals surface area contributed by atoms with E-state index in [1.54, 1.807) is 0 Å². The summed E-state index contributed by atoms with van der Waals surface area (Å²) in [4.78, 5) is 13.0. The predicted molar refractivity (Wildman–Crippen MR) is 76.8 cm³/mol. The molecule has 0 spiro atoms. The van der Waals surface area contributed by atoms with Crippen molar-refractivity contribution in [3.63, 3.8) is 0 Å². The van der Waals surface area contributed by atoms with Crippen molar-refractivity contribution in [3.05, 3.63) is 47.5 Å². The van der Waals surface area contributed by atoms with Crippen LogP contribution in [0.15, 0.2) is 30.3 Å². The van der Waals surface area contributed by atoms with Crippen LogP contribution in [-0.4, -0.2) is 15.0 Å². The van der Waals surface area contributed by atoms with Crippen LogP contribution in [0, 0.1) is 0 Å². The molecule has 0 saturated heterocycles. The lowest BCUT2D eigenvalue weighted by atomic mass is 9.96. The Kier molecular flexibility index (Phi) is 3.79. The van der Waals surface area contributed by atoms with Crippen molar-refractivity contribution in [3.8, 4) is 0 Å². The summed E-state index contributed by atoms with van der Waals surface area (Å²) in [6, 6.07) is 10.3. The highest BCUT2D eigenvalue weighted by atomic mass is 15.1. The molecule has 100 valence electrons. The van der Waals surface area contributed by atoms with Gasteiger partial charge in [0.05, 0.1) is 0 Å². The quantitative estimate of drug-likeness (QED) is 0.916. The van der Waals surface area contributed by atoms with Crippen LogP contribution in [0.3, 0.4) is 0 Å². The van der Waals surface area contributed by atoms with E-state index >= 15 is 0 Å². The molecular weight excluding hydrogens is 236 g/mol. The Balaban J connectivity index is 2.15. The lowest BCUT2D eigenvalue weighted by Crippen LogP contribution is -2.19. The minimum Gasteiger partial charge on any atom is -0.368 e. The molecule has 0 atom stereocenters. The number of aromatic nitrogens is 3. The van der Waals surface area contributed by atoms with Crippen molar-refractivity contribution in [2.75, 3.05) is 5.73 Å². The van der Waals surface area contributed by atoms with Gasteiger partial charge in [-0.2, -0.15) is 9.97 Å². The molecule has 19 heavy (non-hydrogen) atoms. The topological polar surface area (TPSA) is 64.7 Å². The average Bonchev–Trinajstić information content (AvgIpc) is 2.36. The highest BCUT2D eigenvalue weighted by Gasteiger charge is 2.19. The van der Waals surface area contributed by atoms with Gasteiger partial charge < -0.3 is 5.73 Å². The van der Waals surface area contributed by atoms with E-state index in [1.165, 1.54) is 5.56 Å². The molecule has 0 aliphatic heterocycles. The number of hydrogen-bond acceptors (Lipinski definition) is 4. The molecule has 4 heteroatoms. The van der Waals surface area contributed by atoms with E-state index in [0.29, 0.717) is 5.95 Å². The molecule has 1 heterocycles. The Labute approximate surface area is 114 Å². The number of anilines is 1. The Morgan fingerprint density at radius 1 is 0.947 bits per heavy atom. The number of nitrogens with two attached hydrogens (primary N) is 1. The van der Waals surface area contributed by atoms with Gasteiger partial charge in [0, 0.05) is 11.8 Å². The number of benzene rings is 1. The molecule has 2 aromatic rings. The van der Waals surface area contributed by atoms with Gasteiger partial charge in [-0.3, -0.25) is 0 Å². The fraction of sp³-hybridized carbons (Fsp3) is 0.400. The Hall–Kier alpha value is -1.97. The molecular formula is C15H20N4. The maximum Gasteiger partial charge on any atom is 0.223 e. The van der Waals surface area contributed by atoms with Crippen molar-refractivity contribution in [2.45, 2.75) is 39.0 Å². The summed E-state index contributed by atoms with van der Waals surface area (Å²) in [5.41, 5.74) is 6.93. The predicted octanol–water partition coefficient (Wildman–Crippen LogP) is 2.54. The molecule has 0 amide bonds. The molecule has 2 N–H and O–H groups in total. The second kappa shape index (κ2) is 5.34. The molecule has 0 aliphatic rings. The SMILES string of the molecule is CC(C)(C)c1nc(N)nc(CCc2ccccc2)n1. The van der Waals surface area contributed by atoms with Gasteiger partial charge in [0.15, 0.2) is 0 Å². The molecule has 0 aliphatic carbocycles. The lowest BCUT2D eigenvalue weighted by molar-refractivity contribution is 0.537. The molecule has 0 unspecified atom stereocenters. The van der Waals surface area contributed by atoms with Crippen LogP contribution in [0.2, 0.25) is 0 Å². The number of hydrogen-bond donors (Lipinski definition) is 1. The molecule has 0 fully saturated rings. The van der Waals surface area contributed by atoms with E-state index in [2.05, 4.69) is 47.9 Å². The molecule has 0 bridgehead atoms. The summed E-state index contributed by atoms with van der Waals surface area (Å²) in [7, 11) is 0. The van der Waals surface area contributed by atoms with Crippen molar-refractivity contribution in [1.29, 1.82) is 0 Å². The van der Waals surface area contributed by atoms with Gasteiger partial charge in [-0.1, -0.05) is 51.1 Å². The van der Waals surface area contributed by atoms with Gasteiger partial charge in [0.2, 0.25) is 5.95 Å². The summed E-state index contributed by atoms with van der Waals surface area (Å²) in [5.74, 6) is 1.83. The monoisotopic (exact) mass is 256 g/mol. The van der Waals surface area contributed by atoms with E-state index in [4.69, 9.17) is 5.73 Å². The molecule has 1 aromatic heterocycles. The van der Waals surface area contributed by atoms with Gasteiger partial charge in [-0.05, 0) is 12.0 Å². The molecule has 4 nitrogen and oxygen atoms in total. The van der Waals surface area contributed by atoms with E-state index < -0.39 is 0 Å².